The number of hydrogen-bond donors (Lipinski definition) is 1. The average molecular weight is 798 g/mol. The summed E-state index contributed by atoms with van der Waals surface area (Å²) in [7, 11) is 1.57. The molecule has 10 nitrogen and oxygen atoms in total. The largest absolute Gasteiger partial charge is 0.490 e. The second-order valence-corrected chi connectivity index (χ2v) is 19.7. The number of ether oxygens (including phenoxy) is 3. The molecule has 3 heterocycles. The van der Waals surface area contributed by atoms with E-state index in [0.29, 0.717) is 48.9 Å². The van der Waals surface area contributed by atoms with Gasteiger partial charge in [0, 0.05) is 81.6 Å². The number of hydrogen-bond acceptors (Lipinski definition) is 9. The summed E-state index contributed by atoms with van der Waals surface area (Å²) < 4.78 is 49.4. The molecule has 1 N–H and O–H groups in total. The zero-order valence-corrected chi connectivity index (χ0v) is 35.1. The fourth-order valence-electron chi connectivity index (χ4n) is 10.4. The lowest BCUT2D eigenvalue weighted by atomic mass is 9.63. The van der Waals surface area contributed by atoms with Crippen LogP contribution < -0.4 is 14.4 Å². The van der Waals surface area contributed by atoms with Gasteiger partial charge in [-0.2, -0.15) is 0 Å². The predicted molar refractivity (Wildman–Crippen MR) is 219 cm³/mol. The van der Waals surface area contributed by atoms with Crippen LogP contribution in [0.2, 0.25) is 5.02 Å². The van der Waals surface area contributed by atoms with E-state index in [-0.39, 0.29) is 30.3 Å². The van der Waals surface area contributed by atoms with Crippen molar-refractivity contribution in [1.82, 2.24) is 14.5 Å². The van der Waals surface area contributed by atoms with Crippen LogP contribution in [0.1, 0.15) is 80.8 Å². The van der Waals surface area contributed by atoms with E-state index in [1.807, 2.05) is 32.2 Å². The van der Waals surface area contributed by atoms with E-state index < -0.39 is 26.8 Å². The van der Waals surface area contributed by atoms with E-state index in [4.69, 9.17) is 25.8 Å². The van der Waals surface area contributed by atoms with Gasteiger partial charge in [0.1, 0.15) is 11.4 Å². The molecular formula is C43H61ClN4O6S. The van der Waals surface area contributed by atoms with Crippen LogP contribution in [0.4, 0.5) is 5.69 Å². The molecule has 1 amide bonds. The molecule has 8 atom stereocenters. The number of halogens is 1. The average Bonchev–Trinajstić information content (AvgIpc) is 3.28. The zero-order chi connectivity index (χ0) is 39.1. The number of aryl methyl sites for hydroxylation is 1. The molecular weight excluding hydrogens is 736 g/mol. The van der Waals surface area contributed by atoms with Gasteiger partial charge in [0.25, 0.3) is 5.91 Å². The lowest BCUT2D eigenvalue weighted by Crippen LogP contribution is -2.61. The summed E-state index contributed by atoms with van der Waals surface area (Å²) >= 11 is 6.52. The number of likely N-dealkylation sites (N-methyl/N-ethyl adjacent to an activating group) is 1. The number of allylic oxidation sites excluding steroid dienone is 1. The van der Waals surface area contributed by atoms with Gasteiger partial charge in [0.15, 0.2) is 0 Å². The van der Waals surface area contributed by atoms with Crippen LogP contribution in [0.15, 0.2) is 48.6 Å². The number of carbonyl (C=O) groups is 1. The van der Waals surface area contributed by atoms with E-state index in [2.05, 4.69) is 64.6 Å². The van der Waals surface area contributed by atoms with Gasteiger partial charge in [-0.15, -0.1) is 0 Å². The minimum Gasteiger partial charge on any atom is -0.490 e. The molecule has 55 heavy (non-hydrogen) atoms. The van der Waals surface area contributed by atoms with Crippen LogP contribution in [-0.2, 0) is 31.3 Å². The number of fused-ring (bicyclic) bond motifs is 4. The van der Waals surface area contributed by atoms with Crippen molar-refractivity contribution in [3.63, 3.8) is 0 Å². The number of anilines is 1. The van der Waals surface area contributed by atoms with Gasteiger partial charge in [-0.05, 0) is 125 Å². The Balaban J connectivity index is 1.32. The van der Waals surface area contributed by atoms with Crippen molar-refractivity contribution in [2.75, 3.05) is 72.1 Å². The van der Waals surface area contributed by atoms with E-state index in [0.717, 1.165) is 69.0 Å². The maximum atomic E-state index is 14.1. The summed E-state index contributed by atoms with van der Waals surface area (Å²) in [5, 5.41) is -0.0874. The molecule has 0 radical (unpaired) electrons. The fourth-order valence-corrected chi connectivity index (χ4v) is 12.3. The highest BCUT2D eigenvalue weighted by Gasteiger charge is 2.50. The first-order valence-electron chi connectivity index (χ1n) is 20.3. The van der Waals surface area contributed by atoms with Crippen LogP contribution in [0.25, 0.3) is 0 Å². The molecule has 12 heteroatoms. The maximum Gasteiger partial charge on any atom is 0.264 e. The Morgan fingerprint density at radius 2 is 1.82 bits per heavy atom. The van der Waals surface area contributed by atoms with Crippen LogP contribution in [-0.4, -0.2) is 114 Å². The molecule has 3 aliphatic heterocycles. The number of methoxy groups -OCH3 is 2. The maximum absolute atomic E-state index is 14.1. The van der Waals surface area contributed by atoms with Gasteiger partial charge in [-0.1, -0.05) is 36.7 Å². The number of carbonyl (C=O) groups excluding carboxylic acids is 1. The number of sulfonamides is 1. The topological polar surface area (TPSA) is 101 Å². The molecule has 1 saturated carbocycles. The molecule has 2 aliphatic carbocycles. The molecule has 5 aliphatic rings. The third-order valence-corrected chi connectivity index (χ3v) is 16.1. The van der Waals surface area contributed by atoms with Gasteiger partial charge in [0.2, 0.25) is 10.0 Å². The summed E-state index contributed by atoms with van der Waals surface area (Å²) in [6.45, 7) is 11.5. The third kappa shape index (κ3) is 8.08. The molecule has 2 aromatic rings. The van der Waals surface area contributed by atoms with Crippen molar-refractivity contribution in [3.05, 3.63) is 70.3 Å². The van der Waals surface area contributed by atoms with Gasteiger partial charge < -0.3 is 19.1 Å². The minimum atomic E-state index is -4.07. The number of rotatable bonds is 6. The number of amides is 1. The second kappa shape index (κ2) is 16.3. The molecule has 0 aromatic heterocycles. The SMILES string of the molecule is COCC[C@@H]1[C@@H](C)C/C=C/[C@@](CN2C[C@@H](C)N(C)[C@@H](C)C2)(OC)[C@@H]2CC[C@H]2CN2C[C@@]3(CCCc4cc(Cl)ccc43)COc3ccc(cc32)C(=O)NS1(=O)=O. The van der Waals surface area contributed by atoms with E-state index >= 15 is 0 Å². The molecule has 2 fully saturated rings. The van der Waals surface area contributed by atoms with E-state index in [1.165, 1.54) is 11.1 Å². The summed E-state index contributed by atoms with van der Waals surface area (Å²) in [5.41, 5.74) is 2.82. The first-order valence-corrected chi connectivity index (χ1v) is 22.2. The molecule has 7 rings (SSSR count). The van der Waals surface area contributed by atoms with E-state index in [1.54, 1.807) is 13.2 Å². The van der Waals surface area contributed by atoms with Crippen LogP contribution >= 0.6 is 11.6 Å². The van der Waals surface area contributed by atoms with Crippen molar-refractivity contribution in [2.45, 2.75) is 94.1 Å². The van der Waals surface area contributed by atoms with Gasteiger partial charge in [-0.25, -0.2) is 13.1 Å². The molecule has 2 aromatic carbocycles. The van der Waals surface area contributed by atoms with Gasteiger partial charge >= 0.3 is 0 Å². The van der Waals surface area contributed by atoms with Crippen molar-refractivity contribution >= 4 is 33.2 Å². The zero-order valence-electron chi connectivity index (χ0n) is 33.6. The Labute approximate surface area is 333 Å². The number of nitrogens with one attached hydrogen (secondary N) is 1. The van der Waals surface area contributed by atoms with Crippen molar-refractivity contribution in [2.24, 2.45) is 17.8 Å². The molecule has 1 saturated heterocycles. The lowest BCUT2D eigenvalue weighted by Gasteiger charge is -2.53. The second-order valence-electron chi connectivity index (χ2n) is 17.4. The van der Waals surface area contributed by atoms with Crippen LogP contribution in [0, 0.1) is 17.8 Å². The molecule has 302 valence electrons. The van der Waals surface area contributed by atoms with Crippen molar-refractivity contribution < 1.29 is 27.4 Å². The summed E-state index contributed by atoms with van der Waals surface area (Å²) in [6.07, 6.45) is 10.3. The Morgan fingerprint density at radius 3 is 2.53 bits per heavy atom. The molecule has 2 bridgehead atoms. The normalized spacial score (nSPS) is 34.7. The highest BCUT2D eigenvalue weighted by molar-refractivity contribution is 7.90. The first-order chi connectivity index (χ1) is 26.3. The van der Waals surface area contributed by atoms with Crippen molar-refractivity contribution in [1.29, 1.82) is 0 Å². The third-order valence-electron chi connectivity index (χ3n) is 13.9. The Morgan fingerprint density at radius 1 is 1.04 bits per heavy atom. The Kier molecular flexibility index (Phi) is 12.0. The summed E-state index contributed by atoms with van der Waals surface area (Å²) in [5.74, 6) is 0.357. The lowest BCUT2D eigenvalue weighted by molar-refractivity contribution is -0.101. The van der Waals surface area contributed by atoms with Crippen LogP contribution in [0.3, 0.4) is 0 Å². The van der Waals surface area contributed by atoms with Gasteiger partial charge in [0.05, 0.1) is 17.5 Å². The minimum absolute atomic E-state index is 0.239. The first kappa shape index (κ1) is 40.5. The Bertz CT molecular complexity index is 1850. The number of piperazine rings is 1. The molecule has 1 spiro atoms. The summed E-state index contributed by atoms with van der Waals surface area (Å²) in [6, 6.07) is 12.5. The van der Waals surface area contributed by atoms with E-state index in [9.17, 15) is 13.2 Å². The molecule has 0 unspecified atom stereocenters. The highest BCUT2D eigenvalue weighted by Crippen LogP contribution is 2.49. The monoisotopic (exact) mass is 796 g/mol. The van der Waals surface area contributed by atoms with Crippen molar-refractivity contribution in [3.8, 4) is 5.75 Å². The van der Waals surface area contributed by atoms with Gasteiger partial charge in [-0.3, -0.25) is 14.6 Å². The smallest absolute Gasteiger partial charge is 0.264 e. The van der Waals surface area contributed by atoms with Crippen LogP contribution in [0.5, 0.6) is 5.75 Å². The number of nitrogens with zero attached hydrogens (tertiary/aromatic N) is 3. The Hall–Kier alpha value is -2.67. The summed E-state index contributed by atoms with van der Waals surface area (Å²) in [4.78, 5) is 21.4. The predicted octanol–water partition coefficient (Wildman–Crippen LogP) is 6.31. The fraction of sp³-hybridized carbons (Fsp3) is 0.651. The number of benzene rings is 2. The quantitative estimate of drug-likeness (QED) is 0.338. The standard InChI is InChI=1S/C43H61ClN4O6S/c1-29-9-7-19-43(53-6,27-47-23-30(2)46(4)31(3)24-47)37-14-11-34(37)25-48-26-42(18-8-10-32-21-35(44)13-15-36(32)42)28-54-39-16-12-33(22-38(39)48)41(49)45-55(50,51)40(29)17-20-52-5/h7,12-13,15-16,19,21-22,29-31,34,37,40H,8-11,14,17-18,20,23-28H2,1-6H3,(H,45,49)/b19-7+/t29-,30-,31+,34-,37+,40+,42-,43-/m0/s1. The highest BCUT2D eigenvalue weighted by atomic mass is 35.5.